The van der Waals surface area contributed by atoms with Gasteiger partial charge in [-0.2, -0.15) is 0 Å². The Hall–Kier alpha value is -2.14. The molecule has 11 heteroatoms. The van der Waals surface area contributed by atoms with Gasteiger partial charge >= 0.3 is 0 Å². The van der Waals surface area contributed by atoms with Gasteiger partial charge in [0.15, 0.2) is 5.13 Å². The second kappa shape index (κ2) is 7.85. The Morgan fingerprint density at radius 2 is 1.59 bits per heavy atom. The van der Waals surface area contributed by atoms with Crippen LogP contribution < -0.4 is 9.44 Å². The summed E-state index contributed by atoms with van der Waals surface area (Å²) in [4.78, 5) is 3.87. The first-order valence-corrected chi connectivity index (χ1v) is 11.9. The van der Waals surface area contributed by atoms with Crippen molar-refractivity contribution >= 4 is 53.8 Å². The number of thiazole rings is 1. The second-order valence-electron chi connectivity index (χ2n) is 5.45. The third-order valence-electron chi connectivity index (χ3n) is 3.36. The average molecular weight is 444 g/mol. The highest BCUT2D eigenvalue weighted by atomic mass is 35.5. The maximum absolute atomic E-state index is 12.3. The van der Waals surface area contributed by atoms with Crippen LogP contribution in [0.5, 0.6) is 0 Å². The summed E-state index contributed by atoms with van der Waals surface area (Å²) in [5.41, 5.74) is 0.843. The molecule has 3 rings (SSSR count). The lowest BCUT2D eigenvalue weighted by molar-refractivity contribution is 0.599. The van der Waals surface area contributed by atoms with Crippen LogP contribution in [0.1, 0.15) is 5.56 Å². The summed E-state index contributed by atoms with van der Waals surface area (Å²) in [6.45, 7) is 0. The standard InChI is InChI=1S/C16H14ClN3O4S3/c17-13-3-1-12(2-4-13)11-26(21,22)19-14-5-7-15(8-6-14)27(23,24)20-16-18-9-10-25-16/h1-10,19H,11H2,(H,18,20). The van der Waals surface area contributed by atoms with E-state index < -0.39 is 20.0 Å². The van der Waals surface area contributed by atoms with Crippen molar-refractivity contribution in [3.63, 3.8) is 0 Å². The van der Waals surface area contributed by atoms with E-state index in [1.54, 1.807) is 29.6 Å². The third kappa shape index (κ3) is 5.42. The maximum Gasteiger partial charge on any atom is 0.263 e. The van der Waals surface area contributed by atoms with Crippen molar-refractivity contribution in [1.29, 1.82) is 0 Å². The molecule has 2 aromatic carbocycles. The molecule has 0 aliphatic heterocycles. The third-order valence-corrected chi connectivity index (χ3v) is 7.05. The smallest absolute Gasteiger partial charge is 0.263 e. The number of aromatic nitrogens is 1. The molecular weight excluding hydrogens is 430 g/mol. The molecule has 142 valence electrons. The summed E-state index contributed by atoms with van der Waals surface area (Å²) in [6.07, 6.45) is 1.49. The number of hydrogen-bond donors (Lipinski definition) is 2. The topological polar surface area (TPSA) is 105 Å². The minimum Gasteiger partial charge on any atom is -0.283 e. The minimum absolute atomic E-state index is 0.00153. The molecule has 0 unspecified atom stereocenters. The molecule has 0 bridgehead atoms. The fraction of sp³-hybridized carbons (Fsp3) is 0.0625. The van der Waals surface area contributed by atoms with Crippen LogP contribution in [0.3, 0.4) is 0 Å². The van der Waals surface area contributed by atoms with E-state index in [2.05, 4.69) is 14.4 Å². The van der Waals surface area contributed by atoms with Gasteiger partial charge < -0.3 is 0 Å². The van der Waals surface area contributed by atoms with Crippen molar-refractivity contribution in [3.05, 3.63) is 70.7 Å². The molecule has 0 aliphatic rings. The zero-order valence-electron chi connectivity index (χ0n) is 13.7. The molecular formula is C16H14ClN3O4S3. The summed E-state index contributed by atoms with van der Waals surface area (Å²) in [5.74, 6) is -0.226. The largest absolute Gasteiger partial charge is 0.283 e. The van der Waals surface area contributed by atoms with Crippen molar-refractivity contribution in [2.45, 2.75) is 10.6 Å². The predicted octanol–water partition coefficient (Wildman–Crippen LogP) is 3.54. The first-order chi connectivity index (χ1) is 12.7. The van der Waals surface area contributed by atoms with Gasteiger partial charge in [0.25, 0.3) is 10.0 Å². The van der Waals surface area contributed by atoms with Gasteiger partial charge in [0.1, 0.15) is 0 Å². The Bertz CT molecular complexity index is 1110. The first-order valence-electron chi connectivity index (χ1n) is 7.51. The Balaban J connectivity index is 1.70. The molecule has 1 heterocycles. The average Bonchev–Trinajstić information content (AvgIpc) is 3.09. The summed E-state index contributed by atoms with van der Waals surface area (Å²) < 4.78 is 53.8. The molecule has 1 aromatic heterocycles. The number of hydrogen-bond acceptors (Lipinski definition) is 6. The van der Waals surface area contributed by atoms with Gasteiger partial charge in [0, 0.05) is 22.3 Å². The number of nitrogens with zero attached hydrogens (tertiary/aromatic N) is 1. The van der Waals surface area contributed by atoms with Gasteiger partial charge in [-0.25, -0.2) is 21.8 Å². The van der Waals surface area contributed by atoms with E-state index in [9.17, 15) is 16.8 Å². The van der Waals surface area contributed by atoms with E-state index in [-0.39, 0.29) is 21.5 Å². The predicted molar refractivity (Wildman–Crippen MR) is 107 cm³/mol. The molecule has 0 radical (unpaired) electrons. The van der Waals surface area contributed by atoms with Gasteiger partial charge in [-0.05, 0) is 42.0 Å². The number of rotatable bonds is 7. The van der Waals surface area contributed by atoms with Crippen LogP contribution in [0, 0.1) is 0 Å². The summed E-state index contributed by atoms with van der Waals surface area (Å²) >= 11 is 6.94. The quantitative estimate of drug-likeness (QED) is 0.581. The summed E-state index contributed by atoms with van der Waals surface area (Å²) in [5, 5.41) is 2.42. The first kappa shape index (κ1) is 19.6. The van der Waals surface area contributed by atoms with Gasteiger partial charge in [-0.3, -0.25) is 9.44 Å². The zero-order valence-corrected chi connectivity index (χ0v) is 16.9. The highest BCUT2D eigenvalue weighted by Gasteiger charge is 2.16. The van der Waals surface area contributed by atoms with E-state index in [0.29, 0.717) is 10.6 Å². The molecule has 0 amide bonds. The molecule has 27 heavy (non-hydrogen) atoms. The zero-order chi connectivity index (χ0) is 19.5. The van der Waals surface area contributed by atoms with E-state index in [0.717, 1.165) is 11.3 Å². The number of anilines is 2. The molecule has 2 N–H and O–H groups in total. The van der Waals surface area contributed by atoms with Crippen LogP contribution in [-0.2, 0) is 25.8 Å². The van der Waals surface area contributed by atoms with Gasteiger partial charge in [0.2, 0.25) is 10.0 Å². The Kier molecular flexibility index (Phi) is 5.70. The van der Waals surface area contributed by atoms with Gasteiger partial charge in [0.05, 0.1) is 10.6 Å². The molecule has 0 saturated carbocycles. The highest BCUT2D eigenvalue weighted by Crippen LogP contribution is 2.21. The van der Waals surface area contributed by atoms with E-state index in [4.69, 9.17) is 11.6 Å². The monoisotopic (exact) mass is 443 g/mol. The maximum atomic E-state index is 12.3. The molecule has 0 fully saturated rings. The molecule has 0 saturated heterocycles. The van der Waals surface area contributed by atoms with Gasteiger partial charge in [-0.15, -0.1) is 11.3 Å². The lowest BCUT2D eigenvalue weighted by Crippen LogP contribution is -2.16. The lowest BCUT2D eigenvalue weighted by atomic mass is 10.2. The van der Waals surface area contributed by atoms with E-state index >= 15 is 0 Å². The fourth-order valence-corrected chi connectivity index (χ4v) is 5.28. The second-order valence-corrected chi connectivity index (χ2v) is 10.2. The van der Waals surface area contributed by atoms with Crippen LogP contribution in [0.4, 0.5) is 10.8 Å². The molecule has 0 aliphatic carbocycles. The van der Waals surface area contributed by atoms with E-state index in [1.165, 1.54) is 30.5 Å². The summed E-state index contributed by atoms with van der Waals surface area (Å²) in [6, 6.07) is 11.9. The van der Waals surface area contributed by atoms with Crippen LogP contribution in [0.25, 0.3) is 0 Å². The van der Waals surface area contributed by atoms with Crippen LogP contribution >= 0.6 is 22.9 Å². The number of halogens is 1. The van der Waals surface area contributed by atoms with Gasteiger partial charge in [-0.1, -0.05) is 23.7 Å². The molecule has 3 aromatic rings. The van der Waals surface area contributed by atoms with Crippen molar-refractivity contribution < 1.29 is 16.8 Å². The number of sulfonamides is 2. The fourth-order valence-electron chi connectivity index (χ4n) is 2.17. The molecule has 0 atom stereocenters. The van der Waals surface area contributed by atoms with Crippen molar-refractivity contribution in [3.8, 4) is 0 Å². The van der Waals surface area contributed by atoms with Crippen molar-refractivity contribution in [2.75, 3.05) is 9.44 Å². The molecule has 7 nitrogen and oxygen atoms in total. The summed E-state index contributed by atoms with van der Waals surface area (Å²) in [7, 11) is -7.44. The Labute approximate surface area is 166 Å². The Morgan fingerprint density at radius 3 is 2.19 bits per heavy atom. The van der Waals surface area contributed by atoms with Crippen molar-refractivity contribution in [2.24, 2.45) is 0 Å². The van der Waals surface area contributed by atoms with Crippen LogP contribution in [-0.4, -0.2) is 21.8 Å². The van der Waals surface area contributed by atoms with Crippen molar-refractivity contribution in [1.82, 2.24) is 4.98 Å². The van der Waals surface area contributed by atoms with Crippen LogP contribution in [0.2, 0.25) is 5.02 Å². The highest BCUT2D eigenvalue weighted by molar-refractivity contribution is 7.93. The lowest BCUT2D eigenvalue weighted by Gasteiger charge is -2.10. The SMILES string of the molecule is O=S(=O)(Cc1ccc(Cl)cc1)Nc1ccc(S(=O)(=O)Nc2nccs2)cc1. The normalized spacial score (nSPS) is 11.9. The Morgan fingerprint density at radius 1 is 0.926 bits per heavy atom. The number of nitrogens with one attached hydrogen (secondary N) is 2. The molecule has 0 spiro atoms. The van der Waals surface area contributed by atoms with Crippen LogP contribution in [0.15, 0.2) is 65.0 Å². The minimum atomic E-state index is -3.79. The van der Waals surface area contributed by atoms with E-state index in [1.807, 2.05) is 0 Å². The number of benzene rings is 2.